The van der Waals surface area contributed by atoms with E-state index in [1.165, 1.54) is 18.4 Å². The smallest absolute Gasteiger partial charge is 0.341 e. The molecule has 1 heterocycles. The van der Waals surface area contributed by atoms with Crippen molar-refractivity contribution in [2.24, 2.45) is 23.2 Å². The second-order valence-electron chi connectivity index (χ2n) is 8.97. The van der Waals surface area contributed by atoms with Crippen molar-refractivity contribution >= 4 is 34.2 Å². The number of esters is 1. The first-order chi connectivity index (χ1) is 13.6. The number of methoxy groups -OCH3 is 1. The van der Waals surface area contributed by atoms with Gasteiger partial charge in [-0.05, 0) is 49.0 Å². The first-order valence-electron chi connectivity index (χ1n) is 10.0. The van der Waals surface area contributed by atoms with E-state index < -0.39 is 23.8 Å². The predicted octanol–water partition coefficient (Wildman–Crippen LogP) is 2.96. The summed E-state index contributed by atoms with van der Waals surface area (Å²) in [6.07, 6.45) is 6.80. The molecule has 0 fully saturated rings. The zero-order valence-electron chi connectivity index (χ0n) is 17.4. The monoisotopic (exact) mass is 418 g/mol. The standard InChI is InChI=1S/C22H29NO5S/c1-22(2,3)12-9-10-15-16(11-12)29-19(17(15)21(27)28-4)23-18(24)13-7-5-6-8-14(13)20(25)26/h5-6,12-14H,7-11H2,1-4H3,(H,23,24)(H,25,26)/p-1/t12-,13+,14-/m0/s1. The quantitative estimate of drug-likeness (QED) is 0.599. The number of carbonyl (C=O) groups excluding carboxylic acids is 3. The van der Waals surface area contributed by atoms with Gasteiger partial charge in [-0.25, -0.2) is 4.79 Å². The van der Waals surface area contributed by atoms with E-state index in [2.05, 4.69) is 26.1 Å². The zero-order chi connectivity index (χ0) is 21.3. The minimum atomic E-state index is -1.22. The highest BCUT2D eigenvalue weighted by atomic mass is 32.1. The second kappa shape index (κ2) is 8.30. The second-order valence-corrected chi connectivity index (χ2v) is 10.1. The molecule has 1 aromatic heterocycles. The minimum absolute atomic E-state index is 0.159. The maximum Gasteiger partial charge on any atom is 0.341 e. The molecule has 0 unspecified atom stereocenters. The van der Waals surface area contributed by atoms with Gasteiger partial charge in [0.05, 0.1) is 18.6 Å². The Morgan fingerprint density at radius 2 is 1.83 bits per heavy atom. The molecule has 2 aliphatic rings. The number of amides is 1. The summed E-state index contributed by atoms with van der Waals surface area (Å²) in [4.78, 5) is 37.9. The lowest BCUT2D eigenvalue weighted by atomic mass is 9.72. The molecule has 0 aromatic carbocycles. The molecule has 0 saturated carbocycles. The van der Waals surface area contributed by atoms with Crippen LogP contribution in [0.25, 0.3) is 0 Å². The molecule has 1 amide bonds. The molecule has 0 spiro atoms. The Hall–Kier alpha value is -2.15. The number of anilines is 1. The highest BCUT2D eigenvalue weighted by Gasteiger charge is 2.36. The SMILES string of the molecule is COC(=O)c1c(NC(=O)[C@@H]2CC=CC[C@@H]2C(=O)[O-])sc2c1CC[C@H](C(C)(C)C)C2. The third-order valence-electron chi connectivity index (χ3n) is 6.19. The van der Waals surface area contributed by atoms with E-state index in [4.69, 9.17) is 4.74 Å². The summed E-state index contributed by atoms with van der Waals surface area (Å²) in [5.74, 6) is -3.15. The Kier molecular flexibility index (Phi) is 6.17. The van der Waals surface area contributed by atoms with E-state index in [0.717, 1.165) is 29.7 Å². The van der Waals surface area contributed by atoms with Crippen molar-refractivity contribution in [3.05, 3.63) is 28.2 Å². The van der Waals surface area contributed by atoms with Crippen molar-refractivity contribution in [1.29, 1.82) is 0 Å². The number of carboxylic acid groups (broad SMARTS) is 1. The Balaban J connectivity index is 1.90. The highest BCUT2D eigenvalue weighted by molar-refractivity contribution is 7.17. The molecular formula is C22H28NO5S-. The van der Waals surface area contributed by atoms with E-state index in [1.807, 2.05) is 6.08 Å². The van der Waals surface area contributed by atoms with E-state index in [1.54, 1.807) is 6.08 Å². The lowest BCUT2D eigenvalue weighted by Gasteiger charge is -2.33. The molecule has 7 heteroatoms. The number of hydrogen-bond donors (Lipinski definition) is 1. The van der Waals surface area contributed by atoms with Crippen LogP contribution in [0.5, 0.6) is 0 Å². The summed E-state index contributed by atoms with van der Waals surface area (Å²) in [5.41, 5.74) is 1.54. The van der Waals surface area contributed by atoms with Gasteiger partial charge in [0.25, 0.3) is 0 Å². The fourth-order valence-electron chi connectivity index (χ4n) is 4.30. The molecule has 1 N–H and O–H groups in total. The van der Waals surface area contributed by atoms with Gasteiger partial charge in [0.15, 0.2) is 0 Å². The molecule has 29 heavy (non-hydrogen) atoms. The molecule has 0 bridgehead atoms. The third kappa shape index (κ3) is 4.39. The zero-order valence-corrected chi connectivity index (χ0v) is 18.2. The van der Waals surface area contributed by atoms with E-state index in [9.17, 15) is 19.5 Å². The van der Waals surface area contributed by atoms with Crippen LogP contribution >= 0.6 is 11.3 Å². The fourth-order valence-corrected chi connectivity index (χ4v) is 5.62. The molecule has 6 nitrogen and oxygen atoms in total. The molecule has 3 atom stereocenters. The molecule has 0 saturated heterocycles. The van der Waals surface area contributed by atoms with Crippen molar-refractivity contribution in [1.82, 2.24) is 0 Å². The fraction of sp³-hybridized carbons (Fsp3) is 0.591. The summed E-state index contributed by atoms with van der Waals surface area (Å²) in [7, 11) is 1.33. The van der Waals surface area contributed by atoms with Gasteiger partial charge in [-0.15, -0.1) is 11.3 Å². The normalized spacial score (nSPS) is 23.9. The molecule has 1 aromatic rings. The summed E-state index contributed by atoms with van der Waals surface area (Å²) in [6, 6.07) is 0. The maximum absolute atomic E-state index is 12.9. The van der Waals surface area contributed by atoms with Crippen molar-refractivity contribution in [3.8, 4) is 0 Å². The van der Waals surface area contributed by atoms with Gasteiger partial charge >= 0.3 is 5.97 Å². The number of ether oxygens (including phenoxy) is 1. The molecule has 158 valence electrons. The van der Waals surface area contributed by atoms with E-state index in [-0.39, 0.29) is 17.7 Å². The van der Waals surface area contributed by atoms with Gasteiger partial charge < -0.3 is 20.0 Å². The summed E-state index contributed by atoms with van der Waals surface area (Å²) >= 11 is 1.41. The Labute approximate surface area is 175 Å². The average Bonchev–Trinajstić information content (AvgIpc) is 3.03. The molecule has 3 rings (SSSR count). The number of fused-ring (bicyclic) bond motifs is 1. The van der Waals surface area contributed by atoms with Crippen LogP contribution in [0.15, 0.2) is 12.2 Å². The number of carboxylic acids is 1. The molecule has 0 aliphatic heterocycles. The first kappa shape index (κ1) is 21.6. The number of hydrogen-bond acceptors (Lipinski definition) is 6. The topological polar surface area (TPSA) is 95.5 Å². The van der Waals surface area contributed by atoms with Crippen molar-refractivity contribution in [2.75, 3.05) is 12.4 Å². The van der Waals surface area contributed by atoms with Crippen LogP contribution in [-0.4, -0.2) is 25.0 Å². The predicted molar refractivity (Wildman–Crippen MR) is 110 cm³/mol. The number of thiophene rings is 1. The lowest BCUT2D eigenvalue weighted by Crippen LogP contribution is -2.41. The van der Waals surface area contributed by atoms with Crippen LogP contribution in [0, 0.1) is 23.2 Å². The van der Waals surface area contributed by atoms with Crippen LogP contribution in [0.2, 0.25) is 0 Å². The summed E-state index contributed by atoms with van der Waals surface area (Å²) in [6.45, 7) is 6.66. The van der Waals surface area contributed by atoms with Crippen LogP contribution in [-0.2, 0) is 27.2 Å². The number of rotatable bonds is 4. The number of aliphatic carboxylic acids is 1. The van der Waals surface area contributed by atoms with Gasteiger partial charge in [-0.2, -0.15) is 0 Å². The molecule has 2 aliphatic carbocycles. The van der Waals surface area contributed by atoms with Gasteiger partial charge in [-0.1, -0.05) is 32.9 Å². The van der Waals surface area contributed by atoms with Crippen LogP contribution in [0.4, 0.5) is 5.00 Å². The highest BCUT2D eigenvalue weighted by Crippen LogP contribution is 2.44. The third-order valence-corrected chi connectivity index (χ3v) is 7.36. The largest absolute Gasteiger partial charge is 0.550 e. The minimum Gasteiger partial charge on any atom is -0.550 e. The van der Waals surface area contributed by atoms with Crippen LogP contribution in [0.3, 0.4) is 0 Å². The maximum atomic E-state index is 12.9. The Bertz CT molecular complexity index is 848. The lowest BCUT2D eigenvalue weighted by molar-refractivity contribution is -0.313. The Morgan fingerprint density at radius 3 is 2.41 bits per heavy atom. The van der Waals surface area contributed by atoms with Crippen molar-refractivity contribution in [2.45, 2.75) is 52.9 Å². The van der Waals surface area contributed by atoms with Crippen LogP contribution < -0.4 is 10.4 Å². The number of nitrogens with one attached hydrogen (secondary N) is 1. The van der Waals surface area contributed by atoms with Gasteiger partial charge in [-0.3, -0.25) is 4.79 Å². The summed E-state index contributed by atoms with van der Waals surface area (Å²) < 4.78 is 4.98. The first-order valence-corrected chi connectivity index (χ1v) is 10.8. The van der Waals surface area contributed by atoms with Crippen molar-refractivity contribution in [3.63, 3.8) is 0 Å². The van der Waals surface area contributed by atoms with Gasteiger partial charge in [0, 0.05) is 16.8 Å². The average molecular weight is 419 g/mol. The number of carbonyl (C=O) groups is 3. The van der Waals surface area contributed by atoms with E-state index in [0.29, 0.717) is 22.9 Å². The Morgan fingerprint density at radius 1 is 1.17 bits per heavy atom. The van der Waals surface area contributed by atoms with Gasteiger partial charge in [0.2, 0.25) is 5.91 Å². The molecule has 0 radical (unpaired) electrons. The van der Waals surface area contributed by atoms with Crippen molar-refractivity contribution < 1.29 is 24.2 Å². The van der Waals surface area contributed by atoms with Crippen LogP contribution in [0.1, 0.15) is 60.8 Å². The van der Waals surface area contributed by atoms with E-state index >= 15 is 0 Å². The summed E-state index contributed by atoms with van der Waals surface area (Å²) in [5, 5.41) is 14.7. The van der Waals surface area contributed by atoms with Gasteiger partial charge in [0.1, 0.15) is 5.00 Å². The molecular weight excluding hydrogens is 390 g/mol. The number of allylic oxidation sites excluding steroid dienone is 2.